The van der Waals surface area contributed by atoms with Crippen molar-refractivity contribution in [3.63, 3.8) is 0 Å². The summed E-state index contributed by atoms with van der Waals surface area (Å²) < 4.78 is 0. The van der Waals surface area contributed by atoms with Crippen molar-refractivity contribution in [1.82, 2.24) is 20.3 Å². The first kappa shape index (κ1) is 14.4. The second-order valence-corrected chi connectivity index (χ2v) is 5.43. The molecule has 0 spiro atoms. The topological polar surface area (TPSA) is 71.0 Å². The van der Waals surface area contributed by atoms with Crippen molar-refractivity contribution in [2.75, 3.05) is 18.0 Å². The quantitative estimate of drug-likeness (QED) is 0.930. The molecule has 1 saturated heterocycles. The standard InChI is InChI=1S/C16H19N5O/c1-12-10-14(20-16(19-12)21-8-2-3-9-21)15(22)18-11-13-4-6-17-7-5-13/h4-7,10H,2-3,8-9,11H2,1H3,(H,18,22). The highest BCUT2D eigenvalue weighted by atomic mass is 16.1. The molecule has 1 N–H and O–H groups in total. The van der Waals surface area contributed by atoms with Gasteiger partial charge in [-0.25, -0.2) is 9.97 Å². The van der Waals surface area contributed by atoms with E-state index in [1.165, 1.54) is 0 Å². The number of aryl methyl sites for hydroxylation is 1. The van der Waals surface area contributed by atoms with Gasteiger partial charge in [-0.3, -0.25) is 9.78 Å². The second-order valence-electron chi connectivity index (χ2n) is 5.43. The molecule has 1 aliphatic heterocycles. The van der Waals surface area contributed by atoms with E-state index in [9.17, 15) is 4.79 Å². The molecule has 6 heteroatoms. The zero-order valence-electron chi connectivity index (χ0n) is 12.6. The van der Waals surface area contributed by atoms with E-state index in [2.05, 4.69) is 25.2 Å². The number of hydrogen-bond donors (Lipinski definition) is 1. The number of nitrogens with one attached hydrogen (secondary N) is 1. The van der Waals surface area contributed by atoms with Gasteiger partial charge in [0.2, 0.25) is 5.95 Å². The summed E-state index contributed by atoms with van der Waals surface area (Å²) in [6, 6.07) is 5.48. The summed E-state index contributed by atoms with van der Waals surface area (Å²) in [5.41, 5.74) is 2.24. The van der Waals surface area contributed by atoms with E-state index in [0.29, 0.717) is 18.2 Å². The fourth-order valence-corrected chi connectivity index (χ4v) is 2.50. The number of pyridine rings is 1. The Morgan fingerprint density at radius 3 is 2.68 bits per heavy atom. The lowest BCUT2D eigenvalue weighted by molar-refractivity contribution is 0.0945. The van der Waals surface area contributed by atoms with Gasteiger partial charge in [-0.2, -0.15) is 0 Å². The minimum Gasteiger partial charge on any atom is -0.347 e. The average Bonchev–Trinajstić information content (AvgIpc) is 3.07. The van der Waals surface area contributed by atoms with Crippen molar-refractivity contribution >= 4 is 11.9 Å². The Balaban J connectivity index is 1.71. The number of carbonyl (C=O) groups excluding carboxylic acids is 1. The molecular weight excluding hydrogens is 278 g/mol. The van der Waals surface area contributed by atoms with E-state index in [1.807, 2.05) is 19.1 Å². The van der Waals surface area contributed by atoms with Crippen LogP contribution in [0.3, 0.4) is 0 Å². The van der Waals surface area contributed by atoms with E-state index in [-0.39, 0.29) is 5.91 Å². The molecule has 0 unspecified atom stereocenters. The van der Waals surface area contributed by atoms with Crippen LogP contribution in [0.5, 0.6) is 0 Å². The smallest absolute Gasteiger partial charge is 0.270 e. The predicted octanol–water partition coefficient (Wildman–Crippen LogP) is 1.71. The number of carbonyl (C=O) groups is 1. The highest BCUT2D eigenvalue weighted by molar-refractivity contribution is 5.92. The summed E-state index contributed by atoms with van der Waals surface area (Å²) >= 11 is 0. The molecule has 0 saturated carbocycles. The number of anilines is 1. The van der Waals surface area contributed by atoms with Crippen molar-refractivity contribution in [2.45, 2.75) is 26.3 Å². The fraction of sp³-hybridized carbons (Fsp3) is 0.375. The van der Waals surface area contributed by atoms with Gasteiger partial charge in [-0.05, 0) is 43.5 Å². The Bertz CT molecular complexity index is 653. The van der Waals surface area contributed by atoms with Crippen LogP contribution < -0.4 is 10.2 Å². The molecule has 22 heavy (non-hydrogen) atoms. The molecule has 2 aromatic heterocycles. The molecule has 1 aliphatic rings. The van der Waals surface area contributed by atoms with Gasteiger partial charge in [0.05, 0.1) is 0 Å². The van der Waals surface area contributed by atoms with Gasteiger partial charge < -0.3 is 10.2 Å². The van der Waals surface area contributed by atoms with Crippen LogP contribution in [0.1, 0.15) is 34.6 Å². The number of aromatic nitrogens is 3. The van der Waals surface area contributed by atoms with E-state index >= 15 is 0 Å². The Kier molecular flexibility index (Phi) is 4.27. The maximum absolute atomic E-state index is 12.3. The van der Waals surface area contributed by atoms with E-state index in [4.69, 9.17) is 0 Å². The molecular formula is C16H19N5O. The summed E-state index contributed by atoms with van der Waals surface area (Å²) in [6.45, 7) is 4.27. The van der Waals surface area contributed by atoms with Gasteiger partial charge in [0, 0.05) is 37.7 Å². The largest absolute Gasteiger partial charge is 0.347 e. The molecule has 3 rings (SSSR count). The molecule has 0 radical (unpaired) electrons. The van der Waals surface area contributed by atoms with Crippen molar-refractivity contribution < 1.29 is 4.79 Å². The van der Waals surface area contributed by atoms with Crippen molar-refractivity contribution in [2.24, 2.45) is 0 Å². The van der Waals surface area contributed by atoms with Gasteiger partial charge in [-0.1, -0.05) is 0 Å². The number of nitrogens with zero attached hydrogens (tertiary/aromatic N) is 4. The third-order valence-electron chi connectivity index (χ3n) is 3.67. The summed E-state index contributed by atoms with van der Waals surface area (Å²) in [4.78, 5) is 27.3. The number of hydrogen-bond acceptors (Lipinski definition) is 5. The second kappa shape index (κ2) is 6.51. The number of amides is 1. The lowest BCUT2D eigenvalue weighted by Crippen LogP contribution is -2.26. The zero-order valence-corrected chi connectivity index (χ0v) is 12.6. The fourth-order valence-electron chi connectivity index (χ4n) is 2.50. The first-order chi connectivity index (χ1) is 10.7. The molecule has 114 valence electrons. The van der Waals surface area contributed by atoms with Crippen molar-refractivity contribution in [3.05, 3.63) is 47.5 Å². The molecule has 6 nitrogen and oxygen atoms in total. The van der Waals surface area contributed by atoms with Crippen molar-refractivity contribution in [3.8, 4) is 0 Å². The average molecular weight is 297 g/mol. The predicted molar refractivity (Wildman–Crippen MR) is 83.6 cm³/mol. The summed E-state index contributed by atoms with van der Waals surface area (Å²) in [6.07, 6.45) is 5.73. The first-order valence-electron chi connectivity index (χ1n) is 7.50. The van der Waals surface area contributed by atoms with Crippen LogP contribution in [0.25, 0.3) is 0 Å². The van der Waals surface area contributed by atoms with Crippen LogP contribution in [0, 0.1) is 6.92 Å². The highest BCUT2D eigenvalue weighted by Gasteiger charge is 2.17. The lowest BCUT2D eigenvalue weighted by atomic mass is 10.2. The Morgan fingerprint density at radius 1 is 1.23 bits per heavy atom. The van der Waals surface area contributed by atoms with Gasteiger partial charge in [0.15, 0.2) is 0 Å². The zero-order chi connectivity index (χ0) is 15.4. The molecule has 0 aromatic carbocycles. The highest BCUT2D eigenvalue weighted by Crippen LogP contribution is 2.16. The van der Waals surface area contributed by atoms with Crippen LogP contribution in [0.15, 0.2) is 30.6 Å². The monoisotopic (exact) mass is 297 g/mol. The molecule has 0 aliphatic carbocycles. The van der Waals surface area contributed by atoms with Gasteiger partial charge in [0.25, 0.3) is 5.91 Å². The molecule has 1 fully saturated rings. The molecule has 0 atom stereocenters. The molecule has 0 bridgehead atoms. The SMILES string of the molecule is Cc1cc(C(=O)NCc2ccncc2)nc(N2CCCC2)n1. The summed E-state index contributed by atoms with van der Waals surface area (Å²) in [5, 5.41) is 2.88. The van der Waals surface area contributed by atoms with Gasteiger partial charge in [0.1, 0.15) is 5.69 Å². The van der Waals surface area contributed by atoms with Crippen LogP contribution in [0.4, 0.5) is 5.95 Å². The third kappa shape index (κ3) is 3.39. The third-order valence-corrected chi connectivity index (χ3v) is 3.67. The maximum atomic E-state index is 12.3. The lowest BCUT2D eigenvalue weighted by Gasteiger charge is -2.16. The first-order valence-corrected chi connectivity index (χ1v) is 7.50. The summed E-state index contributed by atoms with van der Waals surface area (Å²) in [5.74, 6) is 0.481. The Labute approximate surface area is 129 Å². The van der Waals surface area contributed by atoms with Crippen molar-refractivity contribution in [1.29, 1.82) is 0 Å². The minimum absolute atomic E-state index is 0.178. The Hall–Kier alpha value is -2.50. The van der Waals surface area contributed by atoms with Gasteiger partial charge in [-0.15, -0.1) is 0 Å². The van der Waals surface area contributed by atoms with Crippen LogP contribution in [-0.2, 0) is 6.54 Å². The molecule has 3 heterocycles. The summed E-state index contributed by atoms with van der Waals surface area (Å²) in [7, 11) is 0. The van der Waals surface area contributed by atoms with Crippen LogP contribution >= 0.6 is 0 Å². The van der Waals surface area contributed by atoms with E-state index in [0.717, 1.165) is 37.2 Å². The normalized spacial score (nSPS) is 14.1. The van der Waals surface area contributed by atoms with Gasteiger partial charge >= 0.3 is 0 Å². The molecule has 2 aromatic rings. The Morgan fingerprint density at radius 2 is 1.95 bits per heavy atom. The van der Waals surface area contributed by atoms with Crippen LogP contribution in [0.2, 0.25) is 0 Å². The minimum atomic E-state index is -0.178. The number of rotatable bonds is 4. The maximum Gasteiger partial charge on any atom is 0.270 e. The van der Waals surface area contributed by atoms with Crippen LogP contribution in [-0.4, -0.2) is 33.9 Å². The van der Waals surface area contributed by atoms with E-state index in [1.54, 1.807) is 18.5 Å². The molecule has 1 amide bonds. The van der Waals surface area contributed by atoms with E-state index < -0.39 is 0 Å².